The van der Waals surface area contributed by atoms with Crippen LogP contribution in [0.3, 0.4) is 0 Å². The summed E-state index contributed by atoms with van der Waals surface area (Å²) in [6.07, 6.45) is 0.241. The van der Waals surface area contributed by atoms with E-state index in [4.69, 9.17) is 11.6 Å². The number of benzene rings is 1. The van der Waals surface area contributed by atoms with Gasteiger partial charge in [0.2, 0.25) is 0 Å². The third kappa shape index (κ3) is 4.38. The van der Waals surface area contributed by atoms with Crippen molar-refractivity contribution in [3.8, 4) is 0 Å². The molecule has 0 aliphatic heterocycles. The van der Waals surface area contributed by atoms with Crippen LogP contribution in [0.15, 0.2) is 52.5 Å². The molecule has 0 fully saturated rings. The van der Waals surface area contributed by atoms with Crippen LogP contribution in [0.2, 0.25) is 5.02 Å². The van der Waals surface area contributed by atoms with Crippen molar-refractivity contribution in [3.63, 3.8) is 0 Å². The van der Waals surface area contributed by atoms with Crippen molar-refractivity contribution < 1.29 is 13.2 Å². The minimum absolute atomic E-state index is 0.164. The molecule has 0 spiro atoms. The van der Waals surface area contributed by atoms with Crippen molar-refractivity contribution in [2.45, 2.75) is 19.6 Å². The van der Waals surface area contributed by atoms with Crippen LogP contribution >= 0.6 is 11.6 Å². The lowest BCUT2D eigenvalue weighted by Crippen LogP contribution is -2.23. The Bertz CT molecular complexity index is 1190. The summed E-state index contributed by atoms with van der Waals surface area (Å²) in [6, 6.07) is 6.69. The van der Waals surface area contributed by atoms with Gasteiger partial charge >= 0.3 is 11.9 Å². The Kier molecular flexibility index (Phi) is 5.98. The standard InChI is InChI=1S/C21H18ClF3N4O/c1-13(15-5-4-6-16(9-15)21(23,24)25)7-18-19(26-2)28(3)20(30)29(18)12-14-8-17(22)11-27-10-14/h4-11H,2,12H2,1,3H3/b13-7+. The van der Waals surface area contributed by atoms with Crippen LogP contribution in [0.5, 0.6) is 0 Å². The maximum absolute atomic E-state index is 13.1. The first-order valence-electron chi connectivity index (χ1n) is 8.83. The molecule has 0 N–H and O–H groups in total. The largest absolute Gasteiger partial charge is 0.416 e. The molecule has 0 amide bonds. The summed E-state index contributed by atoms with van der Waals surface area (Å²) in [5.74, 6) is 0.307. The second-order valence-electron chi connectivity index (χ2n) is 6.71. The van der Waals surface area contributed by atoms with Gasteiger partial charge in [0, 0.05) is 19.4 Å². The van der Waals surface area contributed by atoms with Gasteiger partial charge in [0.05, 0.1) is 22.8 Å². The van der Waals surface area contributed by atoms with E-state index in [2.05, 4.69) is 16.7 Å². The van der Waals surface area contributed by atoms with Gasteiger partial charge in [0.25, 0.3) is 0 Å². The number of hydrogen-bond acceptors (Lipinski definition) is 3. The van der Waals surface area contributed by atoms with E-state index in [1.807, 2.05) is 0 Å². The summed E-state index contributed by atoms with van der Waals surface area (Å²) in [4.78, 5) is 20.7. The van der Waals surface area contributed by atoms with E-state index in [1.54, 1.807) is 38.4 Å². The highest BCUT2D eigenvalue weighted by atomic mass is 35.5. The molecule has 0 radical (unpaired) electrons. The van der Waals surface area contributed by atoms with Gasteiger partial charge in [0.1, 0.15) is 0 Å². The van der Waals surface area contributed by atoms with Crippen molar-refractivity contribution in [2.24, 2.45) is 12.0 Å². The summed E-state index contributed by atoms with van der Waals surface area (Å²) < 4.78 is 42.0. The summed E-state index contributed by atoms with van der Waals surface area (Å²) in [7, 11) is 1.55. The predicted molar refractivity (Wildman–Crippen MR) is 112 cm³/mol. The van der Waals surface area contributed by atoms with E-state index < -0.39 is 11.7 Å². The molecule has 9 heteroatoms. The molecule has 2 heterocycles. The molecule has 0 unspecified atom stereocenters. The molecule has 3 rings (SSSR count). The topological polar surface area (TPSA) is 52.2 Å². The minimum atomic E-state index is -4.45. The monoisotopic (exact) mass is 434 g/mol. The summed E-state index contributed by atoms with van der Waals surface area (Å²) >= 11 is 5.98. The normalized spacial score (nSPS) is 12.3. The Balaban J connectivity index is 2.12. The van der Waals surface area contributed by atoms with Crippen LogP contribution in [0.25, 0.3) is 11.6 Å². The zero-order valence-electron chi connectivity index (χ0n) is 16.2. The number of alkyl halides is 3. The van der Waals surface area contributed by atoms with Crippen LogP contribution in [-0.4, -0.2) is 20.8 Å². The van der Waals surface area contributed by atoms with Gasteiger partial charge in [-0.15, -0.1) is 0 Å². The van der Waals surface area contributed by atoms with E-state index in [1.165, 1.54) is 21.4 Å². The number of nitrogens with zero attached hydrogens (tertiary/aromatic N) is 4. The highest BCUT2D eigenvalue weighted by molar-refractivity contribution is 6.30. The molecule has 5 nitrogen and oxygen atoms in total. The Labute approximate surface area is 175 Å². The van der Waals surface area contributed by atoms with Crippen LogP contribution in [0.1, 0.15) is 29.3 Å². The highest BCUT2D eigenvalue weighted by Crippen LogP contribution is 2.32. The zero-order chi connectivity index (χ0) is 22.1. The molecule has 0 aliphatic rings. The number of hydrogen-bond donors (Lipinski definition) is 0. The maximum Gasteiger partial charge on any atom is 0.416 e. The Morgan fingerprint density at radius 3 is 2.67 bits per heavy atom. The van der Waals surface area contributed by atoms with Crippen LogP contribution in [0.4, 0.5) is 19.0 Å². The molecule has 30 heavy (non-hydrogen) atoms. The van der Waals surface area contributed by atoms with Crippen LogP contribution < -0.4 is 5.69 Å². The van der Waals surface area contributed by atoms with E-state index in [9.17, 15) is 18.0 Å². The van der Waals surface area contributed by atoms with Gasteiger partial charge in [-0.25, -0.2) is 9.79 Å². The van der Waals surface area contributed by atoms with E-state index in [-0.39, 0.29) is 12.2 Å². The lowest BCUT2D eigenvalue weighted by Gasteiger charge is -2.10. The quantitative estimate of drug-likeness (QED) is 0.518. The van der Waals surface area contributed by atoms with Crippen molar-refractivity contribution in [1.82, 2.24) is 14.1 Å². The fourth-order valence-electron chi connectivity index (χ4n) is 3.10. The highest BCUT2D eigenvalue weighted by Gasteiger charge is 2.30. The molecule has 0 saturated carbocycles. The van der Waals surface area contributed by atoms with Crippen molar-refractivity contribution >= 4 is 35.8 Å². The van der Waals surface area contributed by atoms with E-state index in [0.29, 0.717) is 33.2 Å². The van der Waals surface area contributed by atoms with Crippen molar-refractivity contribution in [2.75, 3.05) is 0 Å². The number of aliphatic imine (C=N–C) groups is 1. The van der Waals surface area contributed by atoms with E-state index in [0.717, 1.165) is 12.1 Å². The summed E-state index contributed by atoms with van der Waals surface area (Å²) in [5, 5.41) is 0.427. The number of rotatable bonds is 5. The van der Waals surface area contributed by atoms with Crippen LogP contribution in [0, 0.1) is 0 Å². The van der Waals surface area contributed by atoms with Gasteiger partial charge in [0.15, 0.2) is 5.82 Å². The first-order chi connectivity index (χ1) is 14.1. The molecular weight excluding hydrogens is 417 g/mol. The molecule has 0 aliphatic carbocycles. The third-order valence-corrected chi connectivity index (χ3v) is 4.81. The zero-order valence-corrected chi connectivity index (χ0v) is 17.0. The average molecular weight is 435 g/mol. The van der Waals surface area contributed by atoms with Gasteiger partial charge in [-0.3, -0.25) is 14.1 Å². The molecule has 156 valence electrons. The third-order valence-electron chi connectivity index (χ3n) is 4.61. The van der Waals surface area contributed by atoms with Crippen LogP contribution in [-0.2, 0) is 19.8 Å². The lowest BCUT2D eigenvalue weighted by atomic mass is 10.0. The molecule has 0 bridgehead atoms. The number of aromatic nitrogens is 3. The van der Waals surface area contributed by atoms with Gasteiger partial charge in [-0.05, 0) is 54.6 Å². The summed E-state index contributed by atoms with van der Waals surface area (Å²) in [5.41, 5.74) is 0.942. The Morgan fingerprint density at radius 2 is 2.03 bits per heavy atom. The molecule has 3 aromatic rings. The molecule has 0 atom stereocenters. The van der Waals surface area contributed by atoms with Gasteiger partial charge in [-0.1, -0.05) is 23.7 Å². The second-order valence-corrected chi connectivity index (χ2v) is 7.15. The molecule has 0 saturated heterocycles. The number of halogens is 4. The van der Waals surface area contributed by atoms with Gasteiger partial charge < -0.3 is 0 Å². The van der Waals surface area contributed by atoms with Gasteiger partial charge in [-0.2, -0.15) is 13.2 Å². The summed E-state index contributed by atoms with van der Waals surface area (Å²) in [6.45, 7) is 5.36. The first-order valence-corrected chi connectivity index (χ1v) is 9.21. The SMILES string of the molecule is C=Nc1c(/C=C(\C)c2cccc(C(F)(F)F)c2)n(Cc2cncc(Cl)c2)c(=O)n1C. The molecule has 2 aromatic heterocycles. The average Bonchev–Trinajstić information content (AvgIpc) is 2.91. The number of pyridine rings is 1. The lowest BCUT2D eigenvalue weighted by molar-refractivity contribution is -0.137. The fraction of sp³-hybridized carbons (Fsp3) is 0.190. The molecular formula is C21H18ClF3N4O. The Hall–Kier alpha value is -3.13. The van der Waals surface area contributed by atoms with E-state index >= 15 is 0 Å². The molecule has 1 aromatic carbocycles. The predicted octanol–water partition coefficient (Wildman–Crippen LogP) is 5.19. The Morgan fingerprint density at radius 1 is 1.30 bits per heavy atom. The van der Waals surface area contributed by atoms with Crippen molar-refractivity contribution in [3.05, 3.63) is 80.6 Å². The number of imidazole rings is 1. The van der Waals surface area contributed by atoms with Crippen molar-refractivity contribution in [1.29, 1.82) is 0 Å². The second kappa shape index (κ2) is 8.31. The smallest absolute Gasteiger partial charge is 0.286 e. The maximum atomic E-state index is 13.1. The minimum Gasteiger partial charge on any atom is -0.286 e. The number of allylic oxidation sites excluding steroid dienone is 1. The first kappa shape index (κ1) is 21.6. The fourth-order valence-corrected chi connectivity index (χ4v) is 3.30.